The Bertz CT molecular complexity index is 1260. The third-order valence-electron chi connectivity index (χ3n) is 4.84. The molecule has 7 heteroatoms. The highest BCUT2D eigenvalue weighted by Crippen LogP contribution is 2.30. The van der Waals surface area contributed by atoms with Crippen molar-refractivity contribution in [3.63, 3.8) is 0 Å². The van der Waals surface area contributed by atoms with Crippen LogP contribution in [0.15, 0.2) is 69.9 Å². The molecular weight excluding hydrogens is 408 g/mol. The van der Waals surface area contributed by atoms with Gasteiger partial charge in [-0.05, 0) is 56.4 Å². The van der Waals surface area contributed by atoms with Crippen molar-refractivity contribution in [1.82, 2.24) is 14.6 Å². The van der Waals surface area contributed by atoms with Crippen LogP contribution >= 0.6 is 11.3 Å². The van der Waals surface area contributed by atoms with Gasteiger partial charge in [-0.3, -0.25) is 4.79 Å². The lowest BCUT2D eigenvalue weighted by molar-refractivity contribution is 0.261. The van der Waals surface area contributed by atoms with Crippen LogP contribution in [0.3, 0.4) is 0 Å². The van der Waals surface area contributed by atoms with Gasteiger partial charge in [0.1, 0.15) is 23.0 Å². The van der Waals surface area contributed by atoms with Crippen LogP contribution in [0.2, 0.25) is 0 Å². The highest BCUT2D eigenvalue weighted by atomic mass is 32.1. The van der Waals surface area contributed by atoms with E-state index < -0.39 is 0 Å². The zero-order valence-corrected chi connectivity index (χ0v) is 18.6. The van der Waals surface area contributed by atoms with Crippen LogP contribution in [0, 0.1) is 6.92 Å². The van der Waals surface area contributed by atoms with Crippen molar-refractivity contribution in [1.29, 1.82) is 0 Å². The lowest BCUT2D eigenvalue weighted by atomic mass is 10.1. The van der Waals surface area contributed by atoms with E-state index in [0.29, 0.717) is 17.8 Å². The zero-order valence-electron chi connectivity index (χ0n) is 17.8. The standard InChI is InChI=1S/C24H24N4O2S/c1-17-26-23-22(21(16-31-23)19-7-5-4-6-8-19)24(29)28(17)25-15-18-9-11-20(12-10-18)30-14-13-27(2)3/h4-12,15-16H,13-14H2,1-3H3/b25-15+. The van der Waals surface area contributed by atoms with Crippen LogP contribution in [0.4, 0.5) is 0 Å². The highest BCUT2D eigenvalue weighted by Gasteiger charge is 2.15. The smallest absolute Gasteiger partial charge is 0.283 e. The molecule has 0 N–H and O–H groups in total. The van der Waals surface area contributed by atoms with Crippen molar-refractivity contribution >= 4 is 27.8 Å². The summed E-state index contributed by atoms with van der Waals surface area (Å²) in [6.07, 6.45) is 1.67. The Balaban J connectivity index is 1.61. The van der Waals surface area contributed by atoms with E-state index >= 15 is 0 Å². The summed E-state index contributed by atoms with van der Waals surface area (Å²) in [5, 5.41) is 7.01. The minimum absolute atomic E-state index is 0.164. The van der Waals surface area contributed by atoms with Gasteiger partial charge in [0.15, 0.2) is 0 Å². The number of hydrogen-bond acceptors (Lipinski definition) is 6. The summed E-state index contributed by atoms with van der Waals surface area (Å²) in [5.74, 6) is 1.36. The van der Waals surface area contributed by atoms with E-state index in [1.165, 1.54) is 16.0 Å². The maximum Gasteiger partial charge on any atom is 0.283 e. The molecular formula is C24H24N4O2S. The van der Waals surface area contributed by atoms with Crippen LogP contribution in [-0.2, 0) is 0 Å². The molecule has 0 aliphatic heterocycles. The van der Waals surface area contributed by atoms with Gasteiger partial charge in [-0.2, -0.15) is 9.78 Å². The number of benzene rings is 2. The molecule has 0 radical (unpaired) electrons. The minimum Gasteiger partial charge on any atom is -0.492 e. The van der Waals surface area contributed by atoms with E-state index in [2.05, 4.69) is 15.0 Å². The molecule has 0 spiro atoms. The number of thiophene rings is 1. The Morgan fingerprint density at radius 3 is 2.58 bits per heavy atom. The van der Waals surface area contributed by atoms with Crippen molar-refractivity contribution in [2.75, 3.05) is 27.2 Å². The Morgan fingerprint density at radius 1 is 1.13 bits per heavy atom. The third kappa shape index (κ3) is 4.73. The van der Waals surface area contributed by atoms with Crippen molar-refractivity contribution in [2.24, 2.45) is 5.10 Å². The normalized spacial score (nSPS) is 11.6. The fraction of sp³-hybridized carbons (Fsp3) is 0.208. The molecule has 2 heterocycles. The number of nitrogens with zero attached hydrogens (tertiary/aromatic N) is 4. The van der Waals surface area contributed by atoms with Gasteiger partial charge in [0.2, 0.25) is 0 Å². The quantitative estimate of drug-likeness (QED) is 0.410. The number of fused-ring (bicyclic) bond motifs is 1. The Hall–Kier alpha value is -3.29. The largest absolute Gasteiger partial charge is 0.492 e. The molecule has 0 amide bonds. The first kappa shape index (κ1) is 21.0. The highest BCUT2D eigenvalue weighted by molar-refractivity contribution is 7.17. The third-order valence-corrected chi connectivity index (χ3v) is 5.71. The van der Waals surface area contributed by atoms with E-state index in [4.69, 9.17) is 4.74 Å². The molecule has 0 unspecified atom stereocenters. The summed E-state index contributed by atoms with van der Waals surface area (Å²) in [5.41, 5.74) is 2.60. The predicted molar refractivity (Wildman–Crippen MR) is 128 cm³/mol. The van der Waals surface area contributed by atoms with E-state index in [9.17, 15) is 4.79 Å². The average Bonchev–Trinajstić information content (AvgIpc) is 3.19. The summed E-state index contributed by atoms with van der Waals surface area (Å²) in [4.78, 5) is 20.6. The molecule has 4 rings (SSSR count). The van der Waals surface area contributed by atoms with Crippen molar-refractivity contribution in [3.8, 4) is 16.9 Å². The van der Waals surface area contributed by atoms with Crippen LogP contribution in [0.1, 0.15) is 11.4 Å². The SMILES string of the molecule is Cc1nc2scc(-c3ccccc3)c2c(=O)n1/N=C/c1ccc(OCCN(C)C)cc1. The maximum atomic E-state index is 13.2. The fourth-order valence-corrected chi connectivity index (χ4v) is 4.15. The van der Waals surface area contributed by atoms with Crippen molar-refractivity contribution in [3.05, 3.63) is 81.7 Å². The molecule has 0 saturated heterocycles. The second kappa shape index (κ2) is 9.24. The first-order valence-corrected chi connectivity index (χ1v) is 10.9. The predicted octanol–water partition coefficient (Wildman–Crippen LogP) is 4.26. The van der Waals surface area contributed by atoms with Gasteiger partial charge in [-0.1, -0.05) is 30.3 Å². The zero-order chi connectivity index (χ0) is 21.8. The molecule has 158 valence electrons. The lowest BCUT2D eigenvalue weighted by Crippen LogP contribution is -2.20. The summed E-state index contributed by atoms with van der Waals surface area (Å²) < 4.78 is 7.08. The van der Waals surface area contributed by atoms with E-state index in [-0.39, 0.29) is 5.56 Å². The number of ether oxygens (including phenoxy) is 1. The van der Waals surface area contributed by atoms with Crippen LogP contribution in [0.25, 0.3) is 21.3 Å². The van der Waals surface area contributed by atoms with Gasteiger partial charge in [0.25, 0.3) is 5.56 Å². The minimum atomic E-state index is -0.164. The second-order valence-corrected chi connectivity index (χ2v) is 8.29. The number of likely N-dealkylation sites (N-methyl/N-ethyl adjacent to an activating group) is 1. The Morgan fingerprint density at radius 2 is 1.87 bits per heavy atom. The topological polar surface area (TPSA) is 59.7 Å². The summed E-state index contributed by atoms with van der Waals surface area (Å²) in [7, 11) is 4.02. The Labute approximate surface area is 185 Å². The van der Waals surface area contributed by atoms with Gasteiger partial charge in [-0.25, -0.2) is 4.98 Å². The van der Waals surface area contributed by atoms with Crippen LogP contribution in [0.5, 0.6) is 5.75 Å². The number of aryl methyl sites for hydroxylation is 1. The van der Waals surface area contributed by atoms with Gasteiger partial charge < -0.3 is 9.64 Å². The average molecular weight is 433 g/mol. The van der Waals surface area contributed by atoms with Gasteiger partial charge in [-0.15, -0.1) is 11.3 Å². The van der Waals surface area contributed by atoms with E-state index in [0.717, 1.165) is 33.8 Å². The van der Waals surface area contributed by atoms with E-state index in [1.807, 2.05) is 74.1 Å². The fourth-order valence-electron chi connectivity index (χ4n) is 3.17. The van der Waals surface area contributed by atoms with Crippen molar-refractivity contribution < 1.29 is 4.74 Å². The summed E-state index contributed by atoms with van der Waals surface area (Å²) in [6.45, 7) is 3.28. The van der Waals surface area contributed by atoms with Crippen LogP contribution < -0.4 is 10.3 Å². The number of hydrogen-bond donors (Lipinski definition) is 0. The molecule has 2 aromatic carbocycles. The van der Waals surface area contributed by atoms with Crippen LogP contribution in [-0.4, -0.2) is 48.0 Å². The molecule has 2 aromatic heterocycles. The lowest BCUT2D eigenvalue weighted by Gasteiger charge is -2.10. The summed E-state index contributed by atoms with van der Waals surface area (Å²) in [6, 6.07) is 17.5. The Kier molecular flexibility index (Phi) is 6.25. The van der Waals surface area contributed by atoms with Gasteiger partial charge >= 0.3 is 0 Å². The molecule has 31 heavy (non-hydrogen) atoms. The van der Waals surface area contributed by atoms with Gasteiger partial charge in [0.05, 0.1) is 11.6 Å². The second-order valence-electron chi connectivity index (χ2n) is 7.44. The number of aromatic nitrogens is 2. The van der Waals surface area contributed by atoms with Gasteiger partial charge in [0, 0.05) is 17.5 Å². The summed E-state index contributed by atoms with van der Waals surface area (Å²) >= 11 is 1.48. The molecule has 6 nitrogen and oxygen atoms in total. The monoisotopic (exact) mass is 432 g/mol. The molecule has 0 aliphatic carbocycles. The number of rotatable bonds is 7. The molecule has 0 bridgehead atoms. The first-order chi connectivity index (χ1) is 15.0. The first-order valence-electron chi connectivity index (χ1n) is 10.0. The molecule has 0 fully saturated rings. The maximum absolute atomic E-state index is 13.2. The molecule has 0 atom stereocenters. The molecule has 4 aromatic rings. The van der Waals surface area contributed by atoms with Crippen molar-refractivity contribution in [2.45, 2.75) is 6.92 Å². The van der Waals surface area contributed by atoms with E-state index in [1.54, 1.807) is 13.1 Å². The molecule has 0 aliphatic rings. The molecule has 0 saturated carbocycles.